The molecular formula is C10H7N3O2S. The van der Waals surface area contributed by atoms with Gasteiger partial charge in [-0.1, -0.05) is 0 Å². The van der Waals surface area contributed by atoms with Gasteiger partial charge in [0.15, 0.2) is 5.65 Å². The van der Waals surface area contributed by atoms with Gasteiger partial charge in [-0.2, -0.15) is 11.3 Å². The molecule has 0 aliphatic rings. The van der Waals surface area contributed by atoms with Crippen LogP contribution in [0, 0.1) is 0 Å². The van der Waals surface area contributed by atoms with Crippen molar-refractivity contribution >= 4 is 28.5 Å². The van der Waals surface area contributed by atoms with E-state index in [1.54, 1.807) is 23.7 Å². The highest BCUT2D eigenvalue weighted by Gasteiger charge is 2.12. The lowest BCUT2D eigenvalue weighted by Gasteiger charge is -1.96. The fraction of sp³-hybridized carbons (Fsp3) is 0. The molecule has 3 rings (SSSR count). The second kappa shape index (κ2) is 3.21. The van der Waals surface area contributed by atoms with Crippen molar-refractivity contribution in [3.63, 3.8) is 0 Å². The van der Waals surface area contributed by atoms with Crippen molar-refractivity contribution in [3.05, 3.63) is 34.9 Å². The Hall–Kier alpha value is -2.08. The quantitative estimate of drug-likeness (QED) is 0.712. The second-order valence-corrected chi connectivity index (χ2v) is 4.10. The molecule has 3 aromatic rings. The van der Waals surface area contributed by atoms with Crippen molar-refractivity contribution in [2.75, 3.05) is 0 Å². The molecule has 0 aliphatic heterocycles. The molecule has 0 amide bonds. The Morgan fingerprint density at radius 3 is 3.12 bits per heavy atom. The monoisotopic (exact) mass is 233 g/mol. The van der Waals surface area contributed by atoms with Gasteiger partial charge < -0.3 is 10.1 Å². The number of carboxylic acids is 1. The van der Waals surface area contributed by atoms with Gasteiger partial charge in [-0.25, -0.2) is 9.78 Å². The standard InChI is InChI=1S/C10H7N3O2S/c14-10(15)7-3-8-9(12-7)11-5-13(8)6-1-2-16-4-6/h1-5,12H,(H,14,15). The molecule has 0 unspecified atom stereocenters. The Morgan fingerprint density at radius 1 is 1.56 bits per heavy atom. The Bertz CT molecular complexity index is 651. The summed E-state index contributed by atoms with van der Waals surface area (Å²) in [5.41, 5.74) is 2.50. The van der Waals surface area contributed by atoms with Crippen molar-refractivity contribution in [2.45, 2.75) is 0 Å². The summed E-state index contributed by atoms with van der Waals surface area (Å²) in [6.45, 7) is 0. The number of rotatable bonds is 2. The number of aromatic amines is 1. The molecule has 6 heteroatoms. The van der Waals surface area contributed by atoms with E-state index in [1.165, 1.54) is 0 Å². The molecule has 0 saturated heterocycles. The molecule has 0 aliphatic carbocycles. The van der Waals surface area contributed by atoms with Gasteiger partial charge in [-0.3, -0.25) is 4.57 Å². The van der Waals surface area contributed by atoms with Gasteiger partial charge in [0.05, 0.1) is 11.2 Å². The van der Waals surface area contributed by atoms with Gasteiger partial charge >= 0.3 is 5.97 Å². The normalized spacial score (nSPS) is 11.0. The average Bonchev–Trinajstić information content (AvgIpc) is 2.92. The highest BCUT2D eigenvalue weighted by Crippen LogP contribution is 2.20. The van der Waals surface area contributed by atoms with E-state index in [1.807, 2.05) is 21.4 Å². The highest BCUT2D eigenvalue weighted by molar-refractivity contribution is 7.08. The molecule has 0 spiro atoms. The van der Waals surface area contributed by atoms with E-state index in [2.05, 4.69) is 9.97 Å². The summed E-state index contributed by atoms with van der Waals surface area (Å²) in [5, 5.41) is 12.8. The third kappa shape index (κ3) is 1.24. The Labute approximate surface area is 94.0 Å². The number of thiophene rings is 1. The molecule has 3 aromatic heterocycles. The van der Waals surface area contributed by atoms with E-state index in [0.29, 0.717) is 5.65 Å². The molecule has 3 heterocycles. The number of imidazole rings is 1. The van der Waals surface area contributed by atoms with Crippen LogP contribution in [-0.4, -0.2) is 25.6 Å². The van der Waals surface area contributed by atoms with Crippen molar-refractivity contribution < 1.29 is 9.90 Å². The fourth-order valence-electron chi connectivity index (χ4n) is 1.61. The molecule has 0 bridgehead atoms. The van der Waals surface area contributed by atoms with E-state index < -0.39 is 5.97 Å². The predicted molar refractivity (Wildman–Crippen MR) is 60.3 cm³/mol. The maximum Gasteiger partial charge on any atom is 0.352 e. The SMILES string of the molecule is O=C(O)c1cc2c(ncn2-c2ccsc2)[nH]1. The van der Waals surface area contributed by atoms with E-state index in [0.717, 1.165) is 11.2 Å². The minimum absolute atomic E-state index is 0.155. The Kier molecular flexibility index (Phi) is 1.84. The van der Waals surface area contributed by atoms with E-state index in [4.69, 9.17) is 5.11 Å². The van der Waals surface area contributed by atoms with Gasteiger partial charge in [-0.15, -0.1) is 0 Å². The molecule has 16 heavy (non-hydrogen) atoms. The number of carboxylic acid groups (broad SMARTS) is 1. The molecule has 0 aromatic carbocycles. The van der Waals surface area contributed by atoms with Crippen LogP contribution in [0.5, 0.6) is 0 Å². The first-order valence-corrected chi connectivity index (χ1v) is 5.52. The van der Waals surface area contributed by atoms with Crippen LogP contribution in [0.25, 0.3) is 16.9 Å². The largest absolute Gasteiger partial charge is 0.477 e. The number of nitrogens with one attached hydrogen (secondary N) is 1. The zero-order chi connectivity index (χ0) is 11.1. The van der Waals surface area contributed by atoms with Crippen LogP contribution in [0.15, 0.2) is 29.2 Å². The summed E-state index contributed by atoms with van der Waals surface area (Å²) >= 11 is 1.58. The summed E-state index contributed by atoms with van der Waals surface area (Å²) in [6, 6.07) is 3.54. The summed E-state index contributed by atoms with van der Waals surface area (Å²) in [4.78, 5) is 17.7. The number of nitrogens with zero attached hydrogens (tertiary/aromatic N) is 2. The van der Waals surface area contributed by atoms with Crippen LogP contribution in [-0.2, 0) is 0 Å². The van der Waals surface area contributed by atoms with Crippen LogP contribution in [0.4, 0.5) is 0 Å². The van der Waals surface area contributed by atoms with Gasteiger partial charge in [-0.05, 0) is 17.5 Å². The molecule has 5 nitrogen and oxygen atoms in total. The topological polar surface area (TPSA) is 70.9 Å². The third-order valence-electron chi connectivity index (χ3n) is 2.35. The highest BCUT2D eigenvalue weighted by atomic mass is 32.1. The summed E-state index contributed by atoms with van der Waals surface area (Å²) < 4.78 is 1.86. The van der Waals surface area contributed by atoms with Crippen molar-refractivity contribution in [1.29, 1.82) is 0 Å². The van der Waals surface area contributed by atoms with Crippen LogP contribution in [0.3, 0.4) is 0 Å². The van der Waals surface area contributed by atoms with Gasteiger partial charge in [0, 0.05) is 5.38 Å². The predicted octanol–water partition coefficient (Wildman–Crippen LogP) is 2.11. The Balaban J connectivity index is 2.23. The van der Waals surface area contributed by atoms with Gasteiger partial charge in [0.25, 0.3) is 0 Å². The van der Waals surface area contributed by atoms with Gasteiger partial charge in [0.1, 0.15) is 12.0 Å². The first-order chi connectivity index (χ1) is 7.75. The number of fused-ring (bicyclic) bond motifs is 1. The fourth-order valence-corrected chi connectivity index (χ4v) is 2.24. The lowest BCUT2D eigenvalue weighted by molar-refractivity contribution is 0.0691. The van der Waals surface area contributed by atoms with E-state index >= 15 is 0 Å². The number of aromatic nitrogens is 3. The lowest BCUT2D eigenvalue weighted by Crippen LogP contribution is -1.95. The average molecular weight is 233 g/mol. The third-order valence-corrected chi connectivity index (χ3v) is 3.02. The molecule has 80 valence electrons. The summed E-state index contributed by atoms with van der Waals surface area (Å²) in [6.07, 6.45) is 1.68. The van der Waals surface area contributed by atoms with Crippen LogP contribution in [0.1, 0.15) is 10.5 Å². The maximum absolute atomic E-state index is 10.8. The number of carbonyl (C=O) groups is 1. The van der Waals surface area contributed by atoms with Gasteiger partial charge in [0.2, 0.25) is 0 Å². The van der Waals surface area contributed by atoms with Crippen LogP contribution in [0.2, 0.25) is 0 Å². The Morgan fingerprint density at radius 2 is 2.44 bits per heavy atom. The maximum atomic E-state index is 10.8. The lowest BCUT2D eigenvalue weighted by atomic mass is 10.4. The minimum Gasteiger partial charge on any atom is -0.477 e. The summed E-state index contributed by atoms with van der Waals surface area (Å²) in [7, 11) is 0. The zero-order valence-electron chi connectivity index (χ0n) is 8.04. The minimum atomic E-state index is -0.977. The number of H-pyrrole nitrogens is 1. The zero-order valence-corrected chi connectivity index (χ0v) is 8.86. The van der Waals surface area contributed by atoms with Crippen molar-refractivity contribution in [1.82, 2.24) is 14.5 Å². The van der Waals surface area contributed by atoms with Crippen molar-refractivity contribution in [3.8, 4) is 5.69 Å². The second-order valence-electron chi connectivity index (χ2n) is 3.32. The van der Waals surface area contributed by atoms with E-state index in [-0.39, 0.29) is 5.69 Å². The molecule has 0 saturated carbocycles. The molecule has 0 atom stereocenters. The number of hydrogen-bond donors (Lipinski definition) is 2. The molecular weight excluding hydrogens is 226 g/mol. The molecule has 2 N–H and O–H groups in total. The van der Waals surface area contributed by atoms with Crippen LogP contribution >= 0.6 is 11.3 Å². The van der Waals surface area contributed by atoms with E-state index in [9.17, 15) is 4.79 Å². The molecule has 0 radical (unpaired) electrons. The van der Waals surface area contributed by atoms with Crippen molar-refractivity contribution in [2.24, 2.45) is 0 Å². The smallest absolute Gasteiger partial charge is 0.352 e. The first-order valence-electron chi connectivity index (χ1n) is 4.57. The van der Waals surface area contributed by atoms with Crippen LogP contribution < -0.4 is 0 Å². The number of aromatic carboxylic acids is 1. The number of hydrogen-bond acceptors (Lipinski definition) is 3. The molecule has 0 fully saturated rings. The first kappa shape index (κ1) is 9.17. The summed E-state index contributed by atoms with van der Waals surface area (Å²) in [5.74, 6) is -0.977.